The van der Waals surface area contributed by atoms with Crippen molar-refractivity contribution in [1.82, 2.24) is 5.32 Å². The number of rotatable bonds is 7. The quantitative estimate of drug-likeness (QED) is 0.752. The van der Waals surface area contributed by atoms with Gasteiger partial charge >= 0.3 is 0 Å². The van der Waals surface area contributed by atoms with Crippen molar-refractivity contribution in [3.63, 3.8) is 0 Å². The van der Waals surface area contributed by atoms with Gasteiger partial charge in [-0.25, -0.2) is 8.78 Å². The maximum atomic E-state index is 11.9. The highest BCUT2D eigenvalue weighted by Gasteiger charge is 2.15. The molecule has 1 atom stereocenters. The molecule has 1 heterocycles. The van der Waals surface area contributed by atoms with Crippen molar-refractivity contribution >= 4 is 0 Å². The number of halogens is 2. The predicted molar refractivity (Wildman–Crippen MR) is 61.4 cm³/mol. The molecule has 0 saturated heterocycles. The molecule has 0 spiro atoms. The zero-order chi connectivity index (χ0) is 12.8. The zero-order valence-electron chi connectivity index (χ0n) is 10.4. The number of hydrogen-bond donors (Lipinski definition) is 1. The van der Waals surface area contributed by atoms with Gasteiger partial charge in [0, 0.05) is 18.2 Å². The first kappa shape index (κ1) is 14.1. The minimum Gasteiger partial charge on any atom is -0.466 e. The van der Waals surface area contributed by atoms with Crippen molar-refractivity contribution in [2.75, 3.05) is 20.3 Å². The van der Waals surface area contributed by atoms with E-state index in [0.29, 0.717) is 13.0 Å². The van der Waals surface area contributed by atoms with E-state index >= 15 is 0 Å². The molecule has 98 valence electrons. The number of nitrogens with one attached hydrogen (secondary N) is 1. The van der Waals surface area contributed by atoms with Crippen LogP contribution in [0, 0.1) is 13.8 Å². The second kappa shape index (κ2) is 6.71. The lowest BCUT2D eigenvalue weighted by Gasteiger charge is -2.15. The second-order valence-corrected chi connectivity index (χ2v) is 3.96. The lowest BCUT2D eigenvalue weighted by molar-refractivity contribution is 0.0145. The van der Waals surface area contributed by atoms with Crippen LogP contribution in [0.25, 0.3) is 0 Å². The molecular formula is C12H19F2NO2. The van der Waals surface area contributed by atoms with E-state index in [1.807, 2.05) is 27.0 Å². The van der Waals surface area contributed by atoms with E-state index in [0.717, 1.165) is 17.1 Å². The van der Waals surface area contributed by atoms with Crippen LogP contribution in [0.3, 0.4) is 0 Å². The van der Waals surface area contributed by atoms with Gasteiger partial charge in [-0.1, -0.05) is 0 Å². The molecule has 0 bridgehead atoms. The highest BCUT2D eigenvalue weighted by Crippen LogP contribution is 2.23. The van der Waals surface area contributed by atoms with Crippen LogP contribution in [-0.4, -0.2) is 26.7 Å². The fourth-order valence-electron chi connectivity index (χ4n) is 1.83. The summed E-state index contributed by atoms with van der Waals surface area (Å²) < 4.78 is 34.1. The Hall–Kier alpha value is -0.940. The third kappa shape index (κ3) is 4.44. The summed E-state index contributed by atoms with van der Waals surface area (Å²) in [6.45, 7) is 3.59. The highest BCUT2D eigenvalue weighted by atomic mass is 19.3. The van der Waals surface area contributed by atoms with Crippen molar-refractivity contribution in [2.24, 2.45) is 0 Å². The Bertz CT molecular complexity index is 339. The molecule has 0 aromatic carbocycles. The van der Waals surface area contributed by atoms with Crippen LogP contribution in [0.1, 0.15) is 29.5 Å². The molecule has 1 aromatic heterocycles. The largest absolute Gasteiger partial charge is 0.466 e. The van der Waals surface area contributed by atoms with Gasteiger partial charge in [-0.3, -0.25) is 0 Å². The molecule has 1 aromatic rings. The molecule has 1 unspecified atom stereocenters. The maximum Gasteiger partial charge on any atom is 0.261 e. The van der Waals surface area contributed by atoms with Crippen LogP contribution in [0.2, 0.25) is 0 Å². The standard InChI is InChI=1S/C12H19F2NO2/c1-8-6-10(9(2)17-8)11(15-3)4-5-16-7-12(13)14/h6,11-12,15H,4-5,7H2,1-3H3. The Morgan fingerprint density at radius 1 is 1.41 bits per heavy atom. The van der Waals surface area contributed by atoms with Crippen LogP contribution >= 0.6 is 0 Å². The van der Waals surface area contributed by atoms with Crippen molar-refractivity contribution in [1.29, 1.82) is 0 Å². The Kier molecular flexibility index (Phi) is 5.58. The molecule has 0 aliphatic rings. The predicted octanol–water partition coefficient (Wildman–Crippen LogP) is 2.83. The average molecular weight is 247 g/mol. The molecule has 0 radical (unpaired) electrons. The Labute approximate surface area is 100 Å². The fraction of sp³-hybridized carbons (Fsp3) is 0.667. The minimum absolute atomic E-state index is 0.0742. The van der Waals surface area contributed by atoms with Crippen LogP contribution < -0.4 is 5.32 Å². The fourth-order valence-corrected chi connectivity index (χ4v) is 1.83. The smallest absolute Gasteiger partial charge is 0.261 e. The van der Waals surface area contributed by atoms with Gasteiger partial charge in [-0.15, -0.1) is 0 Å². The third-order valence-corrected chi connectivity index (χ3v) is 2.60. The van der Waals surface area contributed by atoms with Crippen molar-refractivity contribution < 1.29 is 17.9 Å². The summed E-state index contributed by atoms with van der Waals surface area (Å²) in [7, 11) is 1.83. The molecule has 0 aliphatic carbocycles. The second-order valence-electron chi connectivity index (χ2n) is 3.96. The number of aryl methyl sites for hydroxylation is 2. The normalized spacial score (nSPS) is 13.3. The van der Waals surface area contributed by atoms with Gasteiger partial charge in [0.1, 0.15) is 18.1 Å². The number of ether oxygens (including phenoxy) is 1. The molecule has 3 nitrogen and oxygen atoms in total. The Morgan fingerprint density at radius 3 is 2.59 bits per heavy atom. The summed E-state index contributed by atoms with van der Waals surface area (Å²) in [5.41, 5.74) is 1.06. The highest BCUT2D eigenvalue weighted by molar-refractivity contribution is 5.23. The Balaban J connectivity index is 2.46. The molecule has 0 amide bonds. The summed E-state index contributed by atoms with van der Waals surface area (Å²) in [5.74, 6) is 1.71. The molecular weight excluding hydrogens is 228 g/mol. The average Bonchev–Trinajstić information content (AvgIpc) is 2.58. The maximum absolute atomic E-state index is 11.9. The van der Waals surface area contributed by atoms with Gasteiger partial charge in [0.15, 0.2) is 0 Å². The van der Waals surface area contributed by atoms with Gasteiger partial charge in [0.2, 0.25) is 0 Å². The molecule has 0 saturated carbocycles. The van der Waals surface area contributed by atoms with Gasteiger partial charge in [-0.2, -0.15) is 0 Å². The summed E-state index contributed by atoms with van der Waals surface area (Å²) in [6.07, 6.45) is -1.76. The van der Waals surface area contributed by atoms with E-state index in [4.69, 9.17) is 9.15 Å². The summed E-state index contributed by atoms with van der Waals surface area (Å²) in [4.78, 5) is 0. The molecule has 5 heteroatoms. The van der Waals surface area contributed by atoms with E-state index in [9.17, 15) is 8.78 Å². The topological polar surface area (TPSA) is 34.4 Å². The van der Waals surface area contributed by atoms with E-state index in [-0.39, 0.29) is 6.04 Å². The molecule has 1 rings (SSSR count). The van der Waals surface area contributed by atoms with Crippen LogP contribution in [-0.2, 0) is 4.74 Å². The first-order valence-corrected chi connectivity index (χ1v) is 5.64. The van der Waals surface area contributed by atoms with Gasteiger partial charge in [0.05, 0.1) is 0 Å². The first-order valence-electron chi connectivity index (χ1n) is 5.64. The van der Waals surface area contributed by atoms with Crippen LogP contribution in [0.4, 0.5) is 8.78 Å². The van der Waals surface area contributed by atoms with Crippen molar-refractivity contribution in [2.45, 2.75) is 32.7 Å². The van der Waals surface area contributed by atoms with Crippen molar-refractivity contribution in [3.8, 4) is 0 Å². The van der Waals surface area contributed by atoms with Crippen LogP contribution in [0.5, 0.6) is 0 Å². The molecule has 0 fully saturated rings. The Morgan fingerprint density at radius 2 is 2.12 bits per heavy atom. The third-order valence-electron chi connectivity index (χ3n) is 2.60. The zero-order valence-corrected chi connectivity index (χ0v) is 10.4. The SMILES string of the molecule is CNC(CCOCC(F)F)c1cc(C)oc1C. The van der Waals surface area contributed by atoms with Crippen molar-refractivity contribution in [3.05, 3.63) is 23.2 Å². The monoisotopic (exact) mass is 247 g/mol. The molecule has 17 heavy (non-hydrogen) atoms. The van der Waals surface area contributed by atoms with E-state index in [1.165, 1.54) is 0 Å². The minimum atomic E-state index is -2.40. The summed E-state index contributed by atoms with van der Waals surface area (Å²) >= 11 is 0. The molecule has 1 N–H and O–H groups in total. The summed E-state index contributed by atoms with van der Waals surface area (Å²) in [5, 5.41) is 3.13. The van der Waals surface area contributed by atoms with E-state index < -0.39 is 13.0 Å². The number of furan rings is 1. The summed E-state index contributed by atoms with van der Waals surface area (Å²) in [6, 6.07) is 2.04. The number of alkyl halides is 2. The first-order chi connectivity index (χ1) is 8.04. The van der Waals surface area contributed by atoms with Gasteiger partial charge in [0.25, 0.3) is 6.43 Å². The van der Waals surface area contributed by atoms with Gasteiger partial charge in [-0.05, 0) is 33.4 Å². The lowest BCUT2D eigenvalue weighted by Crippen LogP contribution is -2.19. The van der Waals surface area contributed by atoms with E-state index in [2.05, 4.69) is 5.32 Å². The molecule has 0 aliphatic heterocycles. The van der Waals surface area contributed by atoms with Crippen LogP contribution in [0.15, 0.2) is 10.5 Å². The lowest BCUT2D eigenvalue weighted by atomic mass is 10.1. The van der Waals surface area contributed by atoms with E-state index in [1.54, 1.807) is 0 Å². The van der Waals surface area contributed by atoms with Gasteiger partial charge < -0.3 is 14.5 Å². The number of hydrogen-bond acceptors (Lipinski definition) is 3.